The summed E-state index contributed by atoms with van der Waals surface area (Å²) in [5.41, 5.74) is 3.95. The molecular weight excluding hydrogens is 442 g/mol. The van der Waals surface area contributed by atoms with Gasteiger partial charge in [0.05, 0.1) is 12.3 Å². The van der Waals surface area contributed by atoms with E-state index in [1.54, 1.807) is 30.1 Å². The fourth-order valence-corrected chi connectivity index (χ4v) is 4.92. The van der Waals surface area contributed by atoms with Crippen molar-refractivity contribution >= 4 is 11.6 Å². The maximum atomic E-state index is 12.7. The third-order valence-electron chi connectivity index (χ3n) is 6.99. The van der Waals surface area contributed by atoms with Crippen LogP contribution in [-0.4, -0.2) is 83.5 Å². The Hall–Kier alpha value is -3.27. The van der Waals surface area contributed by atoms with Crippen molar-refractivity contribution in [2.24, 2.45) is 7.05 Å². The van der Waals surface area contributed by atoms with E-state index in [0.717, 1.165) is 57.9 Å². The minimum atomic E-state index is -0.0691. The molecule has 3 aromatic rings. The first-order chi connectivity index (χ1) is 17.1. The smallest absolute Gasteiger partial charge is 0.255 e. The van der Waals surface area contributed by atoms with E-state index in [1.807, 2.05) is 12.1 Å². The highest BCUT2D eigenvalue weighted by Crippen LogP contribution is 2.25. The molecule has 2 aromatic heterocycles. The lowest BCUT2D eigenvalue weighted by atomic mass is 10.0. The Morgan fingerprint density at radius 2 is 1.74 bits per heavy atom. The minimum Gasteiger partial charge on any atom is -0.395 e. The molecule has 0 aliphatic carbocycles. The number of piperazine rings is 2. The monoisotopic (exact) mass is 475 g/mol. The largest absolute Gasteiger partial charge is 0.395 e. The van der Waals surface area contributed by atoms with Crippen molar-refractivity contribution in [1.82, 2.24) is 24.8 Å². The maximum Gasteiger partial charge on any atom is 0.255 e. The summed E-state index contributed by atoms with van der Waals surface area (Å²) in [6.07, 6.45) is 3.43. The number of nitrogens with zero attached hydrogens (tertiary/aromatic N) is 6. The van der Waals surface area contributed by atoms with Crippen LogP contribution in [0.2, 0.25) is 0 Å². The van der Waals surface area contributed by atoms with Crippen LogP contribution in [0, 0.1) is 0 Å². The molecule has 0 unspecified atom stereocenters. The highest BCUT2D eigenvalue weighted by atomic mass is 16.3. The van der Waals surface area contributed by atoms with E-state index in [2.05, 4.69) is 49.3 Å². The summed E-state index contributed by atoms with van der Waals surface area (Å²) in [5, 5.41) is 12.8. The lowest BCUT2D eigenvalue weighted by Crippen LogP contribution is -2.48. The van der Waals surface area contributed by atoms with Crippen LogP contribution in [0.3, 0.4) is 0 Å². The molecule has 1 aromatic carbocycles. The molecule has 0 spiro atoms. The van der Waals surface area contributed by atoms with Crippen molar-refractivity contribution < 1.29 is 5.11 Å². The van der Waals surface area contributed by atoms with Gasteiger partial charge in [-0.2, -0.15) is 0 Å². The minimum absolute atomic E-state index is 0.0691. The van der Waals surface area contributed by atoms with Gasteiger partial charge in [-0.1, -0.05) is 12.1 Å². The number of aliphatic hydroxyl groups excluding tert-OH is 1. The van der Waals surface area contributed by atoms with Crippen LogP contribution in [0.5, 0.6) is 0 Å². The molecule has 35 heavy (non-hydrogen) atoms. The van der Waals surface area contributed by atoms with Gasteiger partial charge in [-0.05, 0) is 29.8 Å². The average molecular weight is 476 g/mol. The summed E-state index contributed by atoms with van der Waals surface area (Å²) in [6.45, 7) is 7.21. The highest BCUT2D eigenvalue weighted by Gasteiger charge is 2.24. The van der Waals surface area contributed by atoms with Crippen molar-refractivity contribution in [3.63, 3.8) is 0 Å². The van der Waals surface area contributed by atoms with Crippen LogP contribution in [0.25, 0.3) is 11.3 Å². The summed E-state index contributed by atoms with van der Waals surface area (Å²) in [4.78, 5) is 28.5. The van der Waals surface area contributed by atoms with Gasteiger partial charge in [0.15, 0.2) is 0 Å². The van der Waals surface area contributed by atoms with Crippen LogP contribution in [0.15, 0.2) is 59.7 Å². The van der Waals surface area contributed by atoms with Gasteiger partial charge in [0, 0.05) is 95.2 Å². The molecule has 9 nitrogen and oxygen atoms in total. The maximum absolute atomic E-state index is 12.7. The van der Waals surface area contributed by atoms with Crippen LogP contribution in [-0.2, 0) is 7.05 Å². The molecule has 0 bridgehead atoms. The zero-order valence-corrected chi connectivity index (χ0v) is 20.2. The summed E-state index contributed by atoms with van der Waals surface area (Å²) >= 11 is 0. The molecule has 5 rings (SSSR count). The Bertz CT molecular complexity index is 1170. The van der Waals surface area contributed by atoms with Gasteiger partial charge in [-0.3, -0.25) is 19.2 Å². The second kappa shape index (κ2) is 10.6. The third-order valence-corrected chi connectivity index (χ3v) is 6.99. The SMILES string of the molecule is Cn1c(N2CCN[C@@H](c3ccc(N4CCN(CCO)CC4)cc3)C2)nc(-c2ccncc2)cc1=O. The van der Waals surface area contributed by atoms with Gasteiger partial charge in [0.25, 0.3) is 5.56 Å². The fraction of sp³-hybridized carbons (Fsp3) is 0.423. The molecule has 0 radical (unpaired) electrons. The van der Waals surface area contributed by atoms with Crippen LogP contribution in [0.4, 0.5) is 11.6 Å². The number of aliphatic hydroxyl groups is 1. The van der Waals surface area contributed by atoms with Crippen LogP contribution >= 0.6 is 0 Å². The third kappa shape index (κ3) is 5.22. The van der Waals surface area contributed by atoms with Crippen molar-refractivity contribution in [2.75, 3.05) is 68.8 Å². The number of anilines is 2. The lowest BCUT2D eigenvalue weighted by Gasteiger charge is -2.37. The highest BCUT2D eigenvalue weighted by molar-refractivity contribution is 5.59. The van der Waals surface area contributed by atoms with Gasteiger partial charge in [-0.25, -0.2) is 4.98 Å². The summed E-state index contributed by atoms with van der Waals surface area (Å²) in [6, 6.07) is 14.3. The first kappa shape index (κ1) is 23.5. The Kier molecular flexibility index (Phi) is 7.08. The van der Waals surface area contributed by atoms with E-state index < -0.39 is 0 Å². The van der Waals surface area contributed by atoms with E-state index in [4.69, 9.17) is 10.1 Å². The van der Waals surface area contributed by atoms with E-state index >= 15 is 0 Å². The van der Waals surface area contributed by atoms with Crippen LogP contribution in [0.1, 0.15) is 11.6 Å². The van der Waals surface area contributed by atoms with Gasteiger partial charge >= 0.3 is 0 Å². The van der Waals surface area contributed by atoms with E-state index in [0.29, 0.717) is 11.6 Å². The number of nitrogens with one attached hydrogen (secondary N) is 1. The molecule has 2 aliphatic rings. The van der Waals surface area contributed by atoms with Crippen molar-refractivity contribution in [2.45, 2.75) is 6.04 Å². The van der Waals surface area contributed by atoms with E-state index in [9.17, 15) is 4.79 Å². The standard InChI is InChI=1S/C26H33N7O2/c1-30-25(35)18-23(21-6-8-27-9-7-21)29-26(30)33-11-10-28-24(19-33)20-2-4-22(5-3-20)32-14-12-31(13-15-32)16-17-34/h2-9,18,24,28,34H,10-17,19H2,1H3/t24-/m1/s1. The number of hydrogen-bond donors (Lipinski definition) is 2. The topological polar surface area (TPSA) is 89.8 Å². The molecule has 0 saturated carbocycles. The lowest BCUT2D eigenvalue weighted by molar-refractivity contribution is 0.189. The Balaban J connectivity index is 1.30. The number of aromatic nitrogens is 3. The second-order valence-corrected chi connectivity index (χ2v) is 9.17. The molecule has 4 heterocycles. The average Bonchev–Trinajstić information content (AvgIpc) is 2.91. The molecule has 0 amide bonds. The zero-order chi connectivity index (χ0) is 24.2. The summed E-state index contributed by atoms with van der Waals surface area (Å²) < 4.78 is 1.63. The predicted octanol–water partition coefficient (Wildman–Crippen LogP) is 1.11. The second-order valence-electron chi connectivity index (χ2n) is 9.17. The molecular formula is C26H33N7O2. The van der Waals surface area contributed by atoms with E-state index in [1.165, 1.54) is 11.3 Å². The van der Waals surface area contributed by atoms with Crippen molar-refractivity contribution in [1.29, 1.82) is 0 Å². The van der Waals surface area contributed by atoms with Crippen molar-refractivity contribution in [3.8, 4) is 11.3 Å². The van der Waals surface area contributed by atoms with Gasteiger partial charge in [0.2, 0.25) is 5.95 Å². The van der Waals surface area contributed by atoms with Gasteiger partial charge in [-0.15, -0.1) is 0 Å². The van der Waals surface area contributed by atoms with Gasteiger partial charge in [0.1, 0.15) is 0 Å². The molecule has 2 fully saturated rings. The van der Waals surface area contributed by atoms with Crippen molar-refractivity contribution in [3.05, 3.63) is 70.8 Å². The Morgan fingerprint density at radius 1 is 1.00 bits per heavy atom. The summed E-state index contributed by atoms with van der Waals surface area (Å²) in [7, 11) is 1.78. The molecule has 184 valence electrons. The number of hydrogen-bond acceptors (Lipinski definition) is 8. The number of β-amino-alcohol motifs (C(OH)–C–C–N with tert-alkyl or cyclic N) is 1. The zero-order valence-electron chi connectivity index (χ0n) is 20.2. The molecule has 2 N–H and O–H groups in total. The van der Waals surface area contributed by atoms with Gasteiger partial charge < -0.3 is 20.2 Å². The fourth-order valence-electron chi connectivity index (χ4n) is 4.92. The Morgan fingerprint density at radius 3 is 2.46 bits per heavy atom. The van der Waals surface area contributed by atoms with E-state index in [-0.39, 0.29) is 18.2 Å². The predicted molar refractivity (Wildman–Crippen MR) is 138 cm³/mol. The molecule has 2 saturated heterocycles. The quantitative estimate of drug-likeness (QED) is 0.548. The number of rotatable bonds is 6. The summed E-state index contributed by atoms with van der Waals surface area (Å²) in [5.74, 6) is 0.688. The first-order valence-corrected chi connectivity index (χ1v) is 12.3. The normalized spacial score (nSPS) is 19.2. The number of pyridine rings is 1. The van der Waals surface area contributed by atoms with Crippen LogP contribution < -0.4 is 20.7 Å². The number of benzene rings is 1. The molecule has 9 heteroatoms. The first-order valence-electron chi connectivity index (χ1n) is 12.3. The molecule has 1 atom stereocenters. The Labute approximate surface area is 205 Å². The molecule has 2 aliphatic heterocycles.